The summed E-state index contributed by atoms with van der Waals surface area (Å²) in [7, 11) is 1.53. The molecule has 0 radical (unpaired) electrons. The molecule has 1 saturated heterocycles. The van der Waals surface area contributed by atoms with Crippen LogP contribution >= 0.6 is 0 Å². The second-order valence-electron chi connectivity index (χ2n) is 5.68. The fraction of sp³-hybridized carbons (Fsp3) is 0.600. The predicted molar refractivity (Wildman–Crippen MR) is 81.8 cm³/mol. The number of nitrogens with zero attached hydrogens (tertiary/aromatic N) is 4. The van der Waals surface area contributed by atoms with E-state index >= 15 is 0 Å². The summed E-state index contributed by atoms with van der Waals surface area (Å²) in [6.07, 6.45) is 5.00. The standard InChI is InChI=1S/C15H21N5O4/c1-22-10-14-17-11(9-23-14)15(21)16-7-13-18-12(19-24-13)8-20-5-3-2-4-6-20/h9H,2-8,10H2,1H3,(H,16,21). The Kier molecular flexibility index (Phi) is 5.55. The van der Waals surface area contributed by atoms with Gasteiger partial charge in [0.25, 0.3) is 5.91 Å². The topological polar surface area (TPSA) is 107 Å². The maximum atomic E-state index is 12.0. The number of amides is 1. The number of rotatable bonds is 7. The Morgan fingerprint density at radius 1 is 1.29 bits per heavy atom. The van der Waals surface area contributed by atoms with Crippen molar-refractivity contribution in [3.05, 3.63) is 29.6 Å². The lowest BCUT2D eigenvalue weighted by Gasteiger charge is -2.24. The van der Waals surface area contributed by atoms with Gasteiger partial charge in [-0.2, -0.15) is 4.98 Å². The Morgan fingerprint density at radius 2 is 2.12 bits per heavy atom. The van der Waals surface area contributed by atoms with Crippen molar-refractivity contribution in [2.24, 2.45) is 0 Å². The van der Waals surface area contributed by atoms with Crippen LogP contribution in [0.2, 0.25) is 0 Å². The highest BCUT2D eigenvalue weighted by molar-refractivity contribution is 5.91. The summed E-state index contributed by atoms with van der Waals surface area (Å²) in [5.74, 6) is 1.00. The Bertz CT molecular complexity index is 662. The first-order valence-electron chi connectivity index (χ1n) is 8.00. The van der Waals surface area contributed by atoms with Crippen LogP contribution in [0.3, 0.4) is 0 Å². The highest BCUT2D eigenvalue weighted by Gasteiger charge is 2.16. The third-order valence-corrected chi connectivity index (χ3v) is 3.78. The van der Waals surface area contributed by atoms with E-state index < -0.39 is 0 Å². The summed E-state index contributed by atoms with van der Waals surface area (Å²) in [4.78, 5) is 22.6. The van der Waals surface area contributed by atoms with Crippen molar-refractivity contribution in [3.63, 3.8) is 0 Å². The fourth-order valence-electron chi connectivity index (χ4n) is 2.60. The maximum absolute atomic E-state index is 12.0. The molecule has 3 heterocycles. The number of carbonyl (C=O) groups excluding carboxylic acids is 1. The zero-order chi connectivity index (χ0) is 16.8. The van der Waals surface area contributed by atoms with Gasteiger partial charge in [-0.1, -0.05) is 11.6 Å². The molecule has 3 rings (SSSR count). The minimum atomic E-state index is -0.364. The number of methoxy groups -OCH3 is 1. The molecular formula is C15H21N5O4. The van der Waals surface area contributed by atoms with Crippen molar-refractivity contribution in [2.45, 2.75) is 39.0 Å². The molecule has 0 unspecified atom stereocenters. The van der Waals surface area contributed by atoms with Gasteiger partial charge in [0, 0.05) is 7.11 Å². The second-order valence-corrected chi connectivity index (χ2v) is 5.68. The molecule has 1 N–H and O–H groups in total. The van der Waals surface area contributed by atoms with Gasteiger partial charge in [0.2, 0.25) is 11.8 Å². The van der Waals surface area contributed by atoms with Crippen molar-refractivity contribution in [1.29, 1.82) is 0 Å². The van der Waals surface area contributed by atoms with Crippen LogP contribution in [-0.4, -0.2) is 46.1 Å². The van der Waals surface area contributed by atoms with Gasteiger partial charge in [-0.25, -0.2) is 4.98 Å². The molecule has 0 spiro atoms. The quantitative estimate of drug-likeness (QED) is 0.802. The van der Waals surface area contributed by atoms with Gasteiger partial charge < -0.3 is 19.0 Å². The lowest BCUT2D eigenvalue weighted by atomic mass is 10.1. The molecule has 1 amide bonds. The summed E-state index contributed by atoms with van der Waals surface area (Å²) in [5, 5.41) is 6.64. The van der Waals surface area contributed by atoms with E-state index in [1.165, 1.54) is 32.6 Å². The average molecular weight is 335 g/mol. The maximum Gasteiger partial charge on any atom is 0.273 e. The molecule has 0 saturated carbocycles. The number of hydrogen-bond donors (Lipinski definition) is 1. The first-order valence-corrected chi connectivity index (χ1v) is 8.00. The summed E-state index contributed by atoms with van der Waals surface area (Å²) in [6.45, 7) is 3.18. The molecule has 9 heteroatoms. The van der Waals surface area contributed by atoms with Crippen LogP contribution in [0.25, 0.3) is 0 Å². The zero-order valence-electron chi connectivity index (χ0n) is 13.7. The summed E-state index contributed by atoms with van der Waals surface area (Å²) >= 11 is 0. The van der Waals surface area contributed by atoms with E-state index in [9.17, 15) is 4.79 Å². The first-order chi connectivity index (χ1) is 11.7. The molecule has 0 aromatic carbocycles. The van der Waals surface area contributed by atoms with Crippen molar-refractivity contribution in [1.82, 2.24) is 25.3 Å². The van der Waals surface area contributed by atoms with E-state index in [1.54, 1.807) is 0 Å². The van der Waals surface area contributed by atoms with E-state index in [1.807, 2.05) is 0 Å². The van der Waals surface area contributed by atoms with Crippen molar-refractivity contribution in [3.8, 4) is 0 Å². The minimum absolute atomic E-state index is 0.151. The minimum Gasteiger partial charge on any atom is -0.446 e. The normalized spacial score (nSPS) is 15.5. The molecule has 0 aliphatic carbocycles. The highest BCUT2D eigenvalue weighted by atomic mass is 16.5. The lowest BCUT2D eigenvalue weighted by molar-refractivity contribution is 0.0941. The summed E-state index contributed by atoms with van der Waals surface area (Å²) in [6, 6.07) is 0. The number of carbonyl (C=O) groups is 1. The summed E-state index contributed by atoms with van der Waals surface area (Å²) in [5.41, 5.74) is 0.190. The predicted octanol–water partition coefficient (Wildman–Crippen LogP) is 1.12. The van der Waals surface area contributed by atoms with E-state index in [0.717, 1.165) is 13.1 Å². The van der Waals surface area contributed by atoms with Gasteiger partial charge >= 0.3 is 0 Å². The Morgan fingerprint density at radius 3 is 2.92 bits per heavy atom. The van der Waals surface area contributed by atoms with Gasteiger partial charge in [-0.15, -0.1) is 0 Å². The Hall–Kier alpha value is -2.26. The van der Waals surface area contributed by atoms with Crippen molar-refractivity contribution >= 4 is 5.91 Å². The molecule has 9 nitrogen and oxygen atoms in total. The smallest absolute Gasteiger partial charge is 0.273 e. The van der Waals surface area contributed by atoms with Crippen molar-refractivity contribution < 1.29 is 18.5 Å². The number of likely N-dealkylation sites (tertiary alicyclic amines) is 1. The van der Waals surface area contributed by atoms with Gasteiger partial charge in [-0.3, -0.25) is 9.69 Å². The van der Waals surface area contributed by atoms with Crippen LogP contribution in [0.15, 0.2) is 15.2 Å². The molecular weight excluding hydrogens is 314 g/mol. The first kappa shape index (κ1) is 16.6. The third-order valence-electron chi connectivity index (χ3n) is 3.78. The number of hydrogen-bond acceptors (Lipinski definition) is 8. The lowest BCUT2D eigenvalue weighted by Crippen LogP contribution is -2.29. The molecule has 2 aromatic heterocycles. The van der Waals surface area contributed by atoms with Gasteiger partial charge in [0.15, 0.2) is 11.5 Å². The van der Waals surface area contributed by atoms with Crippen LogP contribution in [0, 0.1) is 0 Å². The van der Waals surface area contributed by atoms with Crippen LogP contribution in [0.5, 0.6) is 0 Å². The molecule has 0 atom stereocenters. The molecule has 0 bridgehead atoms. The molecule has 2 aromatic rings. The largest absolute Gasteiger partial charge is 0.446 e. The monoisotopic (exact) mass is 335 g/mol. The van der Waals surface area contributed by atoms with Crippen LogP contribution < -0.4 is 5.32 Å². The molecule has 24 heavy (non-hydrogen) atoms. The molecule has 1 aliphatic heterocycles. The van der Waals surface area contributed by atoms with Crippen LogP contribution in [0.1, 0.15) is 47.4 Å². The van der Waals surface area contributed by atoms with Gasteiger partial charge in [0.1, 0.15) is 12.9 Å². The van der Waals surface area contributed by atoms with E-state index in [2.05, 4.69) is 25.3 Å². The number of aromatic nitrogens is 3. The van der Waals surface area contributed by atoms with Crippen molar-refractivity contribution in [2.75, 3.05) is 20.2 Å². The average Bonchev–Trinajstić information content (AvgIpc) is 3.24. The van der Waals surface area contributed by atoms with Gasteiger partial charge in [0.05, 0.1) is 13.1 Å². The number of ether oxygens (including phenoxy) is 1. The van der Waals surface area contributed by atoms with E-state index in [0.29, 0.717) is 24.2 Å². The number of oxazole rings is 1. The van der Waals surface area contributed by atoms with Crippen LogP contribution in [-0.2, 0) is 24.4 Å². The van der Waals surface area contributed by atoms with E-state index in [4.69, 9.17) is 13.7 Å². The van der Waals surface area contributed by atoms with Gasteiger partial charge in [-0.05, 0) is 25.9 Å². The molecule has 1 fully saturated rings. The fourth-order valence-corrected chi connectivity index (χ4v) is 2.60. The third kappa shape index (κ3) is 4.39. The number of piperidine rings is 1. The number of nitrogens with one attached hydrogen (secondary N) is 1. The molecule has 1 aliphatic rings. The second kappa shape index (κ2) is 8.02. The Labute approximate surface area is 139 Å². The Balaban J connectivity index is 1.48. The molecule has 130 valence electrons. The van der Waals surface area contributed by atoms with Crippen LogP contribution in [0.4, 0.5) is 0 Å². The summed E-state index contributed by atoms with van der Waals surface area (Å²) < 4.78 is 15.2. The zero-order valence-corrected chi connectivity index (χ0v) is 13.7. The highest BCUT2D eigenvalue weighted by Crippen LogP contribution is 2.11. The SMILES string of the molecule is COCc1nc(C(=O)NCc2nc(CN3CCCCC3)no2)co1. The van der Waals surface area contributed by atoms with E-state index in [-0.39, 0.29) is 24.8 Å².